The first-order valence-corrected chi connectivity index (χ1v) is 10.5. The Hall–Kier alpha value is -2.75. The van der Waals surface area contributed by atoms with Crippen molar-refractivity contribution in [1.82, 2.24) is 10.8 Å². The van der Waals surface area contributed by atoms with Crippen molar-refractivity contribution in [2.45, 2.75) is 24.8 Å². The van der Waals surface area contributed by atoms with E-state index in [-0.39, 0.29) is 5.75 Å². The number of carbonyl (C=O) groups excluding carboxylic acids is 2. The fourth-order valence-electron chi connectivity index (χ4n) is 2.64. The molecule has 28 heavy (non-hydrogen) atoms. The minimum atomic E-state index is -3.09. The lowest BCUT2D eigenvalue weighted by atomic mass is 10.0. The Kier molecular flexibility index (Phi) is 6.90. The zero-order chi connectivity index (χ0) is 20.9. The summed E-state index contributed by atoms with van der Waals surface area (Å²) in [5.41, 5.74) is 9.89. The summed E-state index contributed by atoms with van der Waals surface area (Å²) in [7, 11) is -3.09. The summed E-state index contributed by atoms with van der Waals surface area (Å²) in [4.78, 5) is 23.9. The predicted molar refractivity (Wildman–Crippen MR) is 105 cm³/mol. The largest absolute Gasteiger partial charge is 0.339 e. The third kappa shape index (κ3) is 5.88. The molecule has 0 saturated heterocycles. The first-order valence-electron chi connectivity index (χ1n) is 8.48. The van der Waals surface area contributed by atoms with Crippen LogP contribution in [0.3, 0.4) is 0 Å². The van der Waals surface area contributed by atoms with E-state index < -0.39 is 33.7 Å². The van der Waals surface area contributed by atoms with Gasteiger partial charge in [-0.05, 0) is 35.7 Å². The van der Waals surface area contributed by atoms with Gasteiger partial charge in [0.05, 0.1) is 5.75 Å². The molecule has 0 radical (unpaired) electrons. The van der Waals surface area contributed by atoms with E-state index in [1.54, 1.807) is 36.4 Å². The molecule has 0 aliphatic rings. The van der Waals surface area contributed by atoms with Crippen molar-refractivity contribution in [1.29, 1.82) is 0 Å². The standard InChI is InChI=1S/C19H23N3O5S/c1-12(20)17(19(24)22-25)21-18(23)16-9-7-15(8-10-16)14-5-3-13(4-6-14)11-28(2,26)27/h3-10,12,17,25H,11,20H2,1-2H3,(H,21,23)(H,22,24)/t12-,17+/m1/s1. The van der Waals surface area contributed by atoms with Crippen molar-refractivity contribution in [2.24, 2.45) is 5.73 Å². The molecule has 9 heteroatoms. The van der Waals surface area contributed by atoms with E-state index >= 15 is 0 Å². The fraction of sp³-hybridized carbons (Fsp3) is 0.263. The third-order valence-corrected chi connectivity index (χ3v) is 4.93. The Morgan fingerprint density at radius 1 is 1.04 bits per heavy atom. The van der Waals surface area contributed by atoms with Gasteiger partial charge in [-0.15, -0.1) is 0 Å². The molecule has 0 unspecified atom stereocenters. The van der Waals surface area contributed by atoms with Gasteiger partial charge in [0.2, 0.25) is 0 Å². The molecule has 2 amide bonds. The zero-order valence-corrected chi connectivity index (χ0v) is 16.4. The summed E-state index contributed by atoms with van der Waals surface area (Å²) in [6.07, 6.45) is 1.19. The number of sulfone groups is 1. The molecule has 2 rings (SSSR count). The van der Waals surface area contributed by atoms with Gasteiger partial charge in [-0.1, -0.05) is 36.4 Å². The topological polar surface area (TPSA) is 139 Å². The third-order valence-electron chi connectivity index (χ3n) is 4.07. The Bertz CT molecular complexity index is 939. The van der Waals surface area contributed by atoms with Gasteiger partial charge in [-0.2, -0.15) is 0 Å². The van der Waals surface area contributed by atoms with Crippen LogP contribution < -0.4 is 16.5 Å². The van der Waals surface area contributed by atoms with Gasteiger partial charge in [0.1, 0.15) is 6.04 Å². The lowest BCUT2D eigenvalue weighted by molar-refractivity contribution is -0.131. The van der Waals surface area contributed by atoms with Gasteiger partial charge in [0.25, 0.3) is 11.8 Å². The van der Waals surface area contributed by atoms with Gasteiger partial charge in [-0.3, -0.25) is 14.8 Å². The van der Waals surface area contributed by atoms with E-state index in [1.807, 2.05) is 12.1 Å². The van der Waals surface area contributed by atoms with Crippen molar-refractivity contribution in [3.63, 3.8) is 0 Å². The van der Waals surface area contributed by atoms with Crippen LogP contribution >= 0.6 is 0 Å². The van der Waals surface area contributed by atoms with Crippen molar-refractivity contribution in [3.05, 3.63) is 59.7 Å². The highest BCUT2D eigenvalue weighted by Gasteiger charge is 2.24. The molecule has 0 aromatic heterocycles. The highest BCUT2D eigenvalue weighted by molar-refractivity contribution is 7.89. The predicted octanol–water partition coefficient (Wildman–Crippen LogP) is 0.849. The maximum absolute atomic E-state index is 12.3. The lowest BCUT2D eigenvalue weighted by Crippen LogP contribution is -2.54. The summed E-state index contributed by atoms with van der Waals surface area (Å²) in [6, 6.07) is 12.0. The second-order valence-corrected chi connectivity index (χ2v) is 8.77. The zero-order valence-electron chi connectivity index (χ0n) is 15.5. The molecule has 5 N–H and O–H groups in total. The summed E-state index contributed by atoms with van der Waals surface area (Å²) in [6.45, 7) is 1.54. The molecule has 0 fully saturated rings. The van der Waals surface area contributed by atoms with Crippen molar-refractivity contribution < 1.29 is 23.2 Å². The van der Waals surface area contributed by atoms with Crippen LogP contribution in [0.1, 0.15) is 22.8 Å². The first kappa shape index (κ1) is 21.5. The number of hydrogen-bond acceptors (Lipinski definition) is 6. The molecule has 0 heterocycles. The molecule has 2 atom stereocenters. The minimum absolute atomic E-state index is 0.0193. The fourth-order valence-corrected chi connectivity index (χ4v) is 3.44. The first-order chi connectivity index (χ1) is 13.1. The summed E-state index contributed by atoms with van der Waals surface area (Å²) >= 11 is 0. The second-order valence-electron chi connectivity index (χ2n) is 6.63. The Balaban J connectivity index is 2.12. The van der Waals surface area contributed by atoms with Crippen LogP contribution in [0.5, 0.6) is 0 Å². The molecule has 0 spiro atoms. The van der Waals surface area contributed by atoms with Crippen LogP contribution in [0, 0.1) is 0 Å². The maximum atomic E-state index is 12.3. The SMILES string of the molecule is C[C@@H](N)[C@H](NC(=O)c1ccc(-c2ccc(CS(C)(=O)=O)cc2)cc1)C(=O)NO. The van der Waals surface area contributed by atoms with Gasteiger partial charge >= 0.3 is 0 Å². The Labute approximate surface area is 163 Å². The number of rotatable bonds is 7. The van der Waals surface area contributed by atoms with E-state index in [4.69, 9.17) is 10.9 Å². The highest BCUT2D eigenvalue weighted by atomic mass is 32.2. The number of amides is 2. The van der Waals surface area contributed by atoms with E-state index in [0.29, 0.717) is 11.1 Å². The molecular weight excluding hydrogens is 382 g/mol. The van der Waals surface area contributed by atoms with Crippen LogP contribution in [0.4, 0.5) is 0 Å². The molecule has 2 aromatic carbocycles. The van der Waals surface area contributed by atoms with Crippen molar-refractivity contribution in [2.75, 3.05) is 6.26 Å². The average molecular weight is 405 g/mol. The van der Waals surface area contributed by atoms with Crippen LogP contribution in [-0.4, -0.2) is 43.8 Å². The van der Waals surface area contributed by atoms with Crippen LogP contribution in [0.25, 0.3) is 11.1 Å². The quantitative estimate of drug-likeness (QED) is 0.398. The molecule has 0 bridgehead atoms. The summed E-state index contributed by atoms with van der Waals surface area (Å²) < 4.78 is 22.7. The van der Waals surface area contributed by atoms with Crippen molar-refractivity contribution >= 4 is 21.7 Å². The molecule has 2 aromatic rings. The Morgan fingerprint density at radius 2 is 1.54 bits per heavy atom. The molecule has 0 aliphatic carbocycles. The van der Waals surface area contributed by atoms with Gasteiger partial charge < -0.3 is 11.1 Å². The average Bonchev–Trinajstić information content (AvgIpc) is 2.64. The number of benzene rings is 2. The summed E-state index contributed by atoms with van der Waals surface area (Å²) in [5, 5.41) is 11.2. The maximum Gasteiger partial charge on any atom is 0.267 e. The highest BCUT2D eigenvalue weighted by Crippen LogP contribution is 2.21. The second kappa shape index (κ2) is 8.96. The normalized spacial score (nSPS) is 13.4. The smallest absolute Gasteiger partial charge is 0.267 e. The number of carbonyl (C=O) groups is 2. The van der Waals surface area contributed by atoms with Gasteiger partial charge in [-0.25, -0.2) is 13.9 Å². The molecule has 0 aliphatic heterocycles. The summed E-state index contributed by atoms with van der Waals surface area (Å²) in [5.74, 6) is -1.32. The Morgan fingerprint density at radius 3 is 1.96 bits per heavy atom. The van der Waals surface area contributed by atoms with E-state index in [1.165, 1.54) is 18.7 Å². The van der Waals surface area contributed by atoms with E-state index in [2.05, 4.69) is 5.32 Å². The number of hydrogen-bond donors (Lipinski definition) is 4. The van der Waals surface area contributed by atoms with Gasteiger partial charge in [0, 0.05) is 17.9 Å². The van der Waals surface area contributed by atoms with Crippen LogP contribution in [0.15, 0.2) is 48.5 Å². The molecule has 0 saturated carbocycles. The number of nitrogens with two attached hydrogens (primary N) is 1. The molecule has 150 valence electrons. The van der Waals surface area contributed by atoms with Gasteiger partial charge in [0.15, 0.2) is 9.84 Å². The lowest BCUT2D eigenvalue weighted by Gasteiger charge is -2.20. The van der Waals surface area contributed by atoms with Crippen LogP contribution in [-0.2, 0) is 20.4 Å². The van der Waals surface area contributed by atoms with Crippen LogP contribution in [0.2, 0.25) is 0 Å². The number of hydroxylamine groups is 1. The minimum Gasteiger partial charge on any atom is -0.339 e. The molecule has 8 nitrogen and oxygen atoms in total. The number of nitrogens with one attached hydrogen (secondary N) is 2. The van der Waals surface area contributed by atoms with E-state index in [9.17, 15) is 18.0 Å². The molecular formula is C19H23N3O5S. The van der Waals surface area contributed by atoms with E-state index in [0.717, 1.165) is 11.1 Å². The van der Waals surface area contributed by atoms with Crippen molar-refractivity contribution in [3.8, 4) is 11.1 Å². The monoisotopic (exact) mass is 405 g/mol.